The molecule has 5 N–H and O–H groups in total. The van der Waals surface area contributed by atoms with Crippen molar-refractivity contribution in [3.63, 3.8) is 0 Å². The predicted molar refractivity (Wildman–Crippen MR) is 137 cm³/mol. The molecule has 11 atom stereocenters. The van der Waals surface area contributed by atoms with Gasteiger partial charge in [-0.2, -0.15) is 0 Å². The van der Waals surface area contributed by atoms with Crippen molar-refractivity contribution in [3.8, 4) is 0 Å². The highest BCUT2D eigenvalue weighted by molar-refractivity contribution is 5.76. The summed E-state index contributed by atoms with van der Waals surface area (Å²) in [5, 5.41) is 53.1. The second kappa shape index (κ2) is 8.03. The summed E-state index contributed by atoms with van der Waals surface area (Å²) in [5.74, 6) is -0.360. The van der Waals surface area contributed by atoms with Crippen LogP contribution in [-0.4, -0.2) is 56.9 Å². The van der Waals surface area contributed by atoms with Crippen LogP contribution in [0.3, 0.4) is 0 Å². The van der Waals surface area contributed by atoms with Gasteiger partial charge in [0.1, 0.15) is 0 Å². The molecule has 204 valence electrons. The Labute approximate surface area is 216 Å². The number of aliphatic carboxylic acids is 1. The highest BCUT2D eigenvalue weighted by atomic mass is 16.4. The number of rotatable bonds is 3. The van der Waals surface area contributed by atoms with Gasteiger partial charge in [-0.1, -0.05) is 46.3 Å². The van der Waals surface area contributed by atoms with Crippen molar-refractivity contribution in [1.29, 1.82) is 0 Å². The molecule has 0 aromatic carbocycles. The summed E-state index contributed by atoms with van der Waals surface area (Å²) in [6, 6.07) is 0. The molecule has 0 heterocycles. The largest absolute Gasteiger partial charge is 0.481 e. The molecule has 0 aromatic rings. The van der Waals surface area contributed by atoms with E-state index in [-0.39, 0.29) is 52.6 Å². The highest BCUT2D eigenvalue weighted by Crippen LogP contribution is 2.75. The summed E-state index contributed by atoms with van der Waals surface area (Å²) in [6.45, 7) is 11.0. The van der Waals surface area contributed by atoms with Gasteiger partial charge in [0.25, 0.3) is 0 Å². The summed E-state index contributed by atoms with van der Waals surface area (Å²) in [4.78, 5) is 12.8. The summed E-state index contributed by atoms with van der Waals surface area (Å²) in [7, 11) is 0. The number of carbonyl (C=O) groups is 1. The van der Waals surface area contributed by atoms with E-state index in [1.54, 1.807) is 0 Å². The third-order valence-electron chi connectivity index (χ3n) is 13.4. The van der Waals surface area contributed by atoms with Crippen LogP contribution in [0.25, 0.3) is 0 Å². The maximum absolute atomic E-state index is 12.8. The summed E-state index contributed by atoms with van der Waals surface area (Å²) >= 11 is 0. The Bertz CT molecular complexity index is 963. The molecule has 0 amide bonds. The zero-order chi connectivity index (χ0) is 26.5. The fourth-order valence-corrected chi connectivity index (χ4v) is 10.8. The summed E-state index contributed by atoms with van der Waals surface area (Å²) in [6.07, 6.45) is 7.37. The minimum atomic E-state index is -0.931. The standard InChI is InChI=1S/C30H48O6/c1-25(16-31)10-12-30(24(35)36)13-11-28(4)18(19(30)14-25)6-7-22-26(2)15-20(33)23(34)27(3,17-32)21(26)8-9-29(22,28)5/h6,19-23,31-34H,7-17H2,1-5H3,(H,35,36)/t19-,20-,21?,22-,23-,25?,26+,27?,28-,29-,30+/m1/s1. The van der Waals surface area contributed by atoms with Crippen LogP contribution in [0.4, 0.5) is 0 Å². The molecular formula is C30H48O6. The van der Waals surface area contributed by atoms with Crippen LogP contribution in [0.1, 0.15) is 92.4 Å². The van der Waals surface area contributed by atoms with Crippen LogP contribution in [0.15, 0.2) is 11.6 Å². The van der Waals surface area contributed by atoms with Crippen LogP contribution in [0.2, 0.25) is 0 Å². The van der Waals surface area contributed by atoms with Crippen LogP contribution in [0, 0.1) is 50.2 Å². The van der Waals surface area contributed by atoms with Crippen molar-refractivity contribution in [2.24, 2.45) is 50.2 Å². The van der Waals surface area contributed by atoms with E-state index in [4.69, 9.17) is 0 Å². The van der Waals surface area contributed by atoms with Gasteiger partial charge >= 0.3 is 5.97 Å². The summed E-state index contributed by atoms with van der Waals surface area (Å²) < 4.78 is 0. The minimum Gasteiger partial charge on any atom is -0.481 e. The molecule has 36 heavy (non-hydrogen) atoms. The molecule has 6 nitrogen and oxygen atoms in total. The average molecular weight is 505 g/mol. The first-order chi connectivity index (χ1) is 16.7. The van der Waals surface area contributed by atoms with Gasteiger partial charge in [0.05, 0.1) is 24.2 Å². The molecule has 0 aliphatic heterocycles. The van der Waals surface area contributed by atoms with E-state index in [1.165, 1.54) is 5.57 Å². The molecule has 6 heteroatoms. The maximum Gasteiger partial charge on any atom is 0.310 e. The number of aliphatic hydroxyl groups is 4. The Hall–Kier alpha value is -0.950. The van der Waals surface area contributed by atoms with Crippen molar-refractivity contribution >= 4 is 5.97 Å². The lowest BCUT2D eigenvalue weighted by atomic mass is 9.33. The molecule has 3 unspecified atom stereocenters. The Kier molecular flexibility index (Phi) is 5.95. The molecular weight excluding hydrogens is 456 g/mol. The zero-order valence-electron chi connectivity index (χ0n) is 22.9. The molecule has 0 radical (unpaired) electrons. The highest BCUT2D eigenvalue weighted by Gasteiger charge is 2.70. The Morgan fingerprint density at radius 2 is 1.58 bits per heavy atom. The second-order valence-corrected chi connectivity index (χ2v) is 14.9. The van der Waals surface area contributed by atoms with Gasteiger partial charge in [0, 0.05) is 12.0 Å². The Morgan fingerprint density at radius 3 is 2.19 bits per heavy atom. The zero-order valence-corrected chi connectivity index (χ0v) is 22.9. The van der Waals surface area contributed by atoms with Crippen LogP contribution >= 0.6 is 0 Å². The van der Waals surface area contributed by atoms with Gasteiger partial charge in [-0.05, 0) is 97.2 Å². The molecule has 4 saturated carbocycles. The van der Waals surface area contributed by atoms with E-state index >= 15 is 0 Å². The van der Waals surface area contributed by atoms with Gasteiger partial charge in [0.2, 0.25) is 0 Å². The number of aliphatic hydroxyl groups excluding tert-OH is 4. The molecule has 0 saturated heterocycles. The van der Waals surface area contributed by atoms with Crippen molar-refractivity contribution in [1.82, 2.24) is 0 Å². The first kappa shape index (κ1) is 26.6. The van der Waals surface area contributed by atoms with Crippen LogP contribution in [-0.2, 0) is 4.79 Å². The van der Waals surface area contributed by atoms with Crippen LogP contribution in [0.5, 0.6) is 0 Å². The Morgan fingerprint density at radius 1 is 0.917 bits per heavy atom. The topological polar surface area (TPSA) is 118 Å². The fourth-order valence-electron chi connectivity index (χ4n) is 10.8. The van der Waals surface area contributed by atoms with E-state index in [2.05, 4.69) is 33.8 Å². The normalized spacial score (nSPS) is 56.5. The number of hydrogen-bond donors (Lipinski definition) is 5. The lowest BCUT2D eigenvalue weighted by Crippen LogP contribution is -2.68. The van der Waals surface area contributed by atoms with E-state index in [1.807, 2.05) is 6.92 Å². The lowest BCUT2D eigenvalue weighted by molar-refractivity contribution is -0.243. The molecule has 5 rings (SSSR count). The Balaban J connectivity index is 1.61. The first-order valence-electron chi connectivity index (χ1n) is 14.2. The van der Waals surface area contributed by atoms with Gasteiger partial charge in [-0.15, -0.1) is 0 Å². The van der Waals surface area contributed by atoms with Crippen molar-refractivity contribution in [2.45, 2.75) is 105 Å². The van der Waals surface area contributed by atoms with Gasteiger partial charge < -0.3 is 25.5 Å². The number of hydrogen-bond acceptors (Lipinski definition) is 5. The average Bonchev–Trinajstić information content (AvgIpc) is 2.83. The molecule has 4 fully saturated rings. The van der Waals surface area contributed by atoms with E-state index in [0.29, 0.717) is 25.7 Å². The van der Waals surface area contributed by atoms with Crippen molar-refractivity contribution < 1.29 is 30.3 Å². The number of fused-ring (bicyclic) bond motifs is 7. The minimum absolute atomic E-state index is 0.0653. The molecule has 5 aliphatic rings. The summed E-state index contributed by atoms with van der Waals surface area (Å²) in [5.41, 5.74) is -0.896. The third-order valence-corrected chi connectivity index (χ3v) is 13.4. The lowest BCUT2D eigenvalue weighted by Gasteiger charge is -2.71. The molecule has 0 spiro atoms. The van der Waals surface area contributed by atoms with Gasteiger partial charge in [-0.3, -0.25) is 4.79 Å². The first-order valence-corrected chi connectivity index (χ1v) is 14.2. The monoisotopic (exact) mass is 504 g/mol. The SMILES string of the molecule is CC1(CO)CC[C@]2(C(=O)O)CC[C@]3(C)C(=CC[C@@H]4[C@@]5(C)C[C@@H](O)[C@@H](O)C(C)(CO)C5CC[C@]43C)[C@H]2C1. The number of allylic oxidation sites excluding steroid dienone is 2. The molecule has 0 bridgehead atoms. The maximum atomic E-state index is 12.8. The third kappa shape index (κ3) is 3.08. The smallest absolute Gasteiger partial charge is 0.310 e. The van der Waals surface area contributed by atoms with Gasteiger partial charge in [-0.25, -0.2) is 0 Å². The van der Waals surface area contributed by atoms with Crippen molar-refractivity contribution in [2.75, 3.05) is 13.2 Å². The van der Waals surface area contributed by atoms with E-state index in [0.717, 1.165) is 32.1 Å². The number of carboxylic acid groups (broad SMARTS) is 1. The molecule has 0 aromatic heterocycles. The predicted octanol–water partition coefficient (Wildman–Crippen LogP) is 4.15. The second-order valence-electron chi connectivity index (χ2n) is 14.9. The molecule has 5 aliphatic carbocycles. The quantitative estimate of drug-likeness (QED) is 0.369. The number of carboxylic acids is 1. The van der Waals surface area contributed by atoms with Crippen molar-refractivity contribution in [3.05, 3.63) is 11.6 Å². The van der Waals surface area contributed by atoms with Crippen LogP contribution < -0.4 is 0 Å². The van der Waals surface area contributed by atoms with E-state index < -0.39 is 29.0 Å². The van der Waals surface area contributed by atoms with Gasteiger partial charge in [0.15, 0.2) is 0 Å². The van der Waals surface area contributed by atoms with E-state index in [9.17, 15) is 30.3 Å². The fraction of sp³-hybridized carbons (Fsp3) is 0.900.